The van der Waals surface area contributed by atoms with Gasteiger partial charge in [0.05, 0.1) is 0 Å². The second-order valence-electron chi connectivity index (χ2n) is 4.48. The molecule has 102 valence electrons. The van der Waals surface area contributed by atoms with E-state index in [1.807, 2.05) is 49.4 Å². The van der Waals surface area contributed by atoms with Crippen LogP contribution in [-0.2, 0) is 6.42 Å². The van der Waals surface area contributed by atoms with E-state index < -0.39 is 0 Å². The van der Waals surface area contributed by atoms with Crippen LogP contribution >= 0.6 is 0 Å². The van der Waals surface area contributed by atoms with Gasteiger partial charge in [0, 0.05) is 0 Å². The summed E-state index contributed by atoms with van der Waals surface area (Å²) in [6.45, 7) is 3.97. The largest absolute Gasteiger partial charge is 0.504 e. The van der Waals surface area contributed by atoms with Gasteiger partial charge in [-0.2, -0.15) is 0 Å². The highest BCUT2D eigenvalue weighted by Crippen LogP contribution is 2.31. The zero-order valence-corrected chi connectivity index (χ0v) is 11.6. The lowest BCUT2D eigenvalue weighted by molar-refractivity contribution is 0.400. The number of hydrogen-bond acceptors (Lipinski definition) is 2. The minimum Gasteiger partial charge on any atom is -0.504 e. The van der Waals surface area contributed by atoms with Crippen LogP contribution in [0.5, 0.6) is 11.5 Å². The molecule has 0 unspecified atom stereocenters. The molecule has 0 atom stereocenters. The monoisotopic (exact) mass is 258 g/mol. The van der Waals surface area contributed by atoms with Gasteiger partial charge in [-0.05, 0) is 37.0 Å². The van der Waals surface area contributed by atoms with E-state index in [1.165, 1.54) is 0 Å². The molecule has 0 aromatic heterocycles. The maximum atomic E-state index is 9.44. The Kier molecular flexibility index (Phi) is 6.51. The summed E-state index contributed by atoms with van der Waals surface area (Å²) < 4.78 is 0. The van der Waals surface area contributed by atoms with Crippen molar-refractivity contribution in [3.63, 3.8) is 0 Å². The molecule has 0 heterocycles. The molecule has 0 spiro atoms. The molecular formula is C17H22O2. The summed E-state index contributed by atoms with van der Waals surface area (Å²) in [6, 6.07) is 15.4. The van der Waals surface area contributed by atoms with Gasteiger partial charge in [0.1, 0.15) is 0 Å². The summed E-state index contributed by atoms with van der Waals surface area (Å²) in [5.41, 5.74) is 1.92. The van der Waals surface area contributed by atoms with Crippen molar-refractivity contribution >= 4 is 0 Å². The average Bonchev–Trinajstić information content (AvgIpc) is 2.47. The lowest BCUT2D eigenvalue weighted by Crippen LogP contribution is -1.89. The van der Waals surface area contributed by atoms with Gasteiger partial charge in [-0.15, -0.1) is 0 Å². The molecule has 0 aliphatic heterocycles. The van der Waals surface area contributed by atoms with Crippen molar-refractivity contribution in [3.8, 4) is 11.5 Å². The fourth-order valence-corrected chi connectivity index (χ4v) is 1.75. The van der Waals surface area contributed by atoms with Crippen molar-refractivity contribution in [2.75, 3.05) is 0 Å². The maximum absolute atomic E-state index is 9.44. The summed E-state index contributed by atoms with van der Waals surface area (Å²) in [7, 11) is 0. The third-order valence-corrected chi connectivity index (χ3v) is 2.99. The Morgan fingerprint density at radius 2 is 1.42 bits per heavy atom. The number of benzene rings is 2. The van der Waals surface area contributed by atoms with Crippen molar-refractivity contribution in [1.82, 2.24) is 0 Å². The molecule has 0 bridgehead atoms. The Hall–Kier alpha value is -1.96. The summed E-state index contributed by atoms with van der Waals surface area (Å²) >= 11 is 0. The summed E-state index contributed by atoms with van der Waals surface area (Å²) in [6.07, 6.45) is 3.22. The van der Waals surface area contributed by atoms with E-state index in [1.54, 1.807) is 6.07 Å². The van der Waals surface area contributed by atoms with Gasteiger partial charge < -0.3 is 10.2 Å². The first-order valence-electron chi connectivity index (χ1n) is 6.67. The molecule has 0 aliphatic carbocycles. The zero-order chi connectivity index (χ0) is 14.1. The van der Waals surface area contributed by atoms with Crippen molar-refractivity contribution in [2.24, 2.45) is 0 Å². The molecule has 2 nitrogen and oxygen atoms in total. The number of aryl methyl sites for hydroxylation is 1. The molecule has 2 N–H and O–H groups in total. The lowest BCUT2D eigenvalue weighted by atomic mass is 10.0. The topological polar surface area (TPSA) is 40.5 Å². The molecule has 0 fully saturated rings. The Morgan fingerprint density at radius 3 is 1.89 bits per heavy atom. The number of aromatic hydroxyl groups is 2. The van der Waals surface area contributed by atoms with Crippen LogP contribution in [0, 0.1) is 6.92 Å². The number of unbranched alkanes of at least 4 members (excludes halogenated alkanes) is 1. The van der Waals surface area contributed by atoms with E-state index in [9.17, 15) is 10.2 Å². The molecule has 2 rings (SSSR count). The molecular weight excluding hydrogens is 236 g/mol. The SMILES string of the molecule is CCCCc1ccc(O)c(O)c1C.c1ccccc1. The van der Waals surface area contributed by atoms with E-state index in [-0.39, 0.29) is 11.5 Å². The van der Waals surface area contributed by atoms with Gasteiger partial charge in [0.15, 0.2) is 11.5 Å². The lowest BCUT2D eigenvalue weighted by Gasteiger charge is -2.07. The van der Waals surface area contributed by atoms with Gasteiger partial charge in [0.2, 0.25) is 0 Å². The summed E-state index contributed by atoms with van der Waals surface area (Å²) in [5.74, 6) is -0.00801. The molecule has 0 amide bonds. The smallest absolute Gasteiger partial charge is 0.160 e. The normalized spacial score (nSPS) is 9.58. The summed E-state index contributed by atoms with van der Waals surface area (Å²) in [4.78, 5) is 0. The molecule has 2 aromatic carbocycles. The summed E-state index contributed by atoms with van der Waals surface area (Å²) in [5, 5.41) is 18.6. The van der Waals surface area contributed by atoms with Crippen molar-refractivity contribution < 1.29 is 10.2 Å². The molecule has 0 saturated heterocycles. The number of rotatable bonds is 3. The van der Waals surface area contributed by atoms with Crippen LogP contribution in [0.1, 0.15) is 30.9 Å². The maximum Gasteiger partial charge on any atom is 0.160 e. The van der Waals surface area contributed by atoms with Crippen LogP contribution in [0.4, 0.5) is 0 Å². The van der Waals surface area contributed by atoms with Gasteiger partial charge in [0.25, 0.3) is 0 Å². The second kappa shape index (κ2) is 8.20. The first kappa shape index (κ1) is 15.1. The Morgan fingerprint density at radius 1 is 0.895 bits per heavy atom. The molecule has 19 heavy (non-hydrogen) atoms. The van der Waals surface area contributed by atoms with Gasteiger partial charge >= 0.3 is 0 Å². The molecule has 0 radical (unpaired) electrons. The van der Waals surface area contributed by atoms with Crippen molar-refractivity contribution in [3.05, 3.63) is 59.7 Å². The van der Waals surface area contributed by atoms with E-state index >= 15 is 0 Å². The molecule has 2 heteroatoms. The first-order chi connectivity index (χ1) is 9.16. The van der Waals surface area contributed by atoms with Crippen LogP contribution in [0.2, 0.25) is 0 Å². The van der Waals surface area contributed by atoms with Gasteiger partial charge in [-0.3, -0.25) is 0 Å². The van der Waals surface area contributed by atoms with E-state index in [0.717, 1.165) is 30.4 Å². The number of hydrogen-bond donors (Lipinski definition) is 2. The Labute approximate surface area is 115 Å². The number of phenols is 2. The zero-order valence-electron chi connectivity index (χ0n) is 11.6. The third kappa shape index (κ3) is 5.04. The third-order valence-electron chi connectivity index (χ3n) is 2.99. The van der Waals surface area contributed by atoms with Gasteiger partial charge in [-0.1, -0.05) is 55.8 Å². The fraction of sp³-hybridized carbons (Fsp3) is 0.294. The van der Waals surface area contributed by atoms with Crippen LogP contribution < -0.4 is 0 Å². The van der Waals surface area contributed by atoms with E-state index in [0.29, 0.717) is 0 Å². The van der Waals surface area contributed by atoms with Crippen LogP contribution in [-0.4, -0.2) is 10.2 Å². The number of phenolic OH excluding ortho intramolecular Hbond substituents is 2. The second-order valence-corrected chi connectivity index (χ2v) is 4.48. The van der Waals surface area contributed by atoms with Crippen LogP contribution in [0.25, 0.3) is 0 Å². The standard InChI is InChI=1S/C11H16O2.C6H6/c1-3-4-5-9-6-7-10(12)11(13)8(9)2;1-2-4-6-5-3-1/h6-7,12-13H,3-5H2,1-2H3;1-6H. The molecule has 2 aromatic rings. The average molecular weight is 258 g/mol. The highest BCUT2D eigenvalue weighted by Gasteiger charge is 2.06. The predicted octanol–water partition coefficient (Wildman–Crippen LogP) is 4.44. The first-order valence-corrected chi connectivity index (χ1v) is 6.67. The van der Waals surface area contributed by atoms with Crippen LogP contribution in [0.15, 0.2) is 48.5 Å². The Bertz CT molecular complexity index is 451. The van der Waals surface area contributed by atoms with Gasteiger partial charge in [-0.25, -0.2) is 0 Å². The highest BCUT2D eigenvalue weighted by atomic mass is 16.3. The predicted molar refractivity (Wildman–Crippen MR) is 79.6 cm³/mol. The van der Waals surface area contributed by atoms with E-state index in [2.05, 4.69) is 6.92 Å². The van der Waals surface area contributed by atoms with Crippen molar-refractivity contribution in [2.45, 2.75) is 33.1 Å². The van der Waals surface area contributed by atoms with Crippen LogP contribution in [0.3, 0.4) is 0 Å². The highest BCUT2D eigenvalue weighted by molar-refractivity contribution is 5.48. The minimum atomic E-state index is -0.0299. The molecule has 0 aliphatic rings. The minimum absolute atomic E-state index is 0.0219. The quantitative estimate of drug-likeness (QED) is 0.799. The van der Waals surface area contributed by atoms with Crippen molar-refractivity contribution in [1.29, 1.82) is 0 Å². The molecule has 0 saturated carbocycles. The fourth-order valence-electron chi connectivity index (χ4n) is 1.75. The van der Waals surface area contributed by atoms with E-state index in [4.69, 9.17) is 0 Å². The Balaban J connectivity index is 0.000000250.